The minimum Gasteiger partial charge on any atom is -0.393 e. The fourth-order valence-electron chi connectivity index (χ4n) is 2.99. The molecule has 0 amide bonds. The molecule has 3 fully saturated rings. The molecular weight excluding hydrogens is 264 g/mol. The van der Waals surface area contributed by atoms with Crippen molar-refractivity contribution in [2.45, 2.75) is 63.5 Å². The van der Waals surface area contributed by atoms with Crippen LogP contribution in [0.25, 0.3) is 0 Å². The van der Waals surface area contributed by atoms with Crippen molar-refractivity contribution in [1.82, 2.24) is 9.97 Å². The lowest BCUT2D eigenvalue weighted by Gasteiger charge is -2.32. The van der Waals surface area contributed by atoms with Gasteiger partial charge in [-0.05, 0) is 45.4 Å². The van der Waals surface area contributed by atoms with E-state index in [4.69, 9.17) is 9.97 Å². The normalized spacial score (nSPS) is 23.4. The standard InChI is InChI=1S/C16H24N4O/c1-10-14(17-12-4-5-12)18-15(11-2-3-11)19-16(10)20-8-6-13(21)7-9-20/h11-13,21H,2-9H2,1H3,(H,17,18,19). The van der Waals surface area contributed by atoms with Crippen molar-refractivity contribution in [3.05, 3.63) is 11.4 Å². The number of aliphatic hydroxyl groups is 1. The maximum absolute atomic E-state index is 9.71. The summed E-state index contributed by atoms with van der Waals surface area (Å²) in [5, 5.41) is 13.3. The van der Waals surface area contributed by atoms with Crippen LogP contribution in [-0.2, 0) is 0 Å². The first kappa shape index (κ1) is 13.3. The Morgan fingerprint density at radius 3 is 2.38 bits per heavy atom. The average molecular weight is 288 g/mol. The number of hydrogen-bond acceptors (Lipinski definition) is 5. The number of aliphatic hydroxyl groups excluding tert-OH is 1. The van der Waals surface area contributed by atoms with E-state index in [9.17, 15) is 5.11 Å². The van der Waals surface area contributed by atoms with Crippen molar-refractivity contribution in [2.75, 3.05) is 23.3 Å². The van der Waals surface area contributed by atoms with Crippen molar-refractivity contribution in [1.29, 1.82) is 0 Å². The highest BCUT2D eigenvalue weighted by molar-refractivity contribution is 5.60. The second-order valence-electron chi connectivity index (χ2n) is 6.79. The highest BCUT2D eigenvalue weighted by Gasteiger charge is 2.31. The summed E-state index contributed by atoms with van der Waals surface area (Å²) >= 11 is 0. The summed E-state index contributed by atoms with van der Waals surface area (Å²) in [6.07, 6.45) is 6.51. The Bertz CT molecular complexity index is 531. The molecule has 0 atom stereocenters. The third-order valence-corrected chi connectivity index (χ3v) is 4.76. The first-order chi connectivity index (χ1) is 10.2. The smallest absolute Gasteiger partial charge is 0.137 e. The Hall–Kier alpha value is -1.36. The number of nitrogens with one attached hydrogen (secondary N) is 1. The van der Waals surface area contributed by atoms with Crippen molar-refractivity contribution >= 4 is 11.6 Å². The van der Waals surface area contributed by atoms with E-state index in [1.54, 1.807) is 0 Å². The monoisotopic (exact) mass is 288 g/mol. The Balaban J connectivity index is 1.65. The van der Waals surface area contributed by atoms with Gasteiger partial charge in [0.25, 0.3) is 0 Å². The molecule has 0 spiro atoms. The van der Waals surface area contributed by atoms with Crippen molar-refractivity contribution < 1.29 is 5.11 Å². The van der Waals surface area contributed by atoms with Crippen LogP contribution in [0.3, 0.4) is 0 Å². The van der Waals surface area contributed by atoms with Crippen molar-refractivity contribution in [3.63, 3.8) is 0 Å². The Morgan fingerprint density at radius 2 is 1.76 bits per heavy atom. The summed E-state index contributed by atoms with van der Waals surface area (Å²) in [5.74, 6) is 3.71. The van der Waals surface area contributed by atoms with Gasteiger partial charge in [-0.25, -0.2) is 9.97 Å². The first-order valence-corrected chi connectivity index (χ1v) is 8.29. The fourth-order valence-corrected chi connectivity index (χ4v) is 2.99. The van der Waals surface area contributed by atoms with Gasteiger partial charge in [0.05, 0.1) is 6.10 Å². The Morgan fingerprint density at radius 1 is 1.05 bits per heavy atom. The highest BCUT2D eigenvalue weighted by atomic mass is 16.3. The van der Waals surface area contributed by atoms with Crippen LogP contribution in [0.4, 0.5) is 11.6 Å². The molecule has 114 valence electrons. The predicted molar refractivity (Wildman–Crippen MR) is 82.8 cm³/mol. The van der Waals surface area contributed by atoms with E-state index < -0.39 is 0 Å². The number of piperidine rings is 1. The Kier molecular flexibility index (Phi) is 3.25. The van der Waals surface area contributed by atoms with E-state index in [1.807, 2.05) is 0 Å². The Labute approximate surface area is 125 Å². The van der Waals surface area contributed by atoms with Gasteiger partial charge in [0.1, 0.15) is 17.5 Å². The quantitative estimate of drug-likeness (QED) is 0.889. The number of rotatable bonds is 4. The van der Waals surface area contributed by atoms with Crippen molar-refractivity contribution in [3.8, 4) is 0 Å². The van der Waals surface area contributed by atoms with Gasteiger partial charge in [0.15, 0.2) is 0 Å². The molecule has 1 aliphatic heterocycles. The van der Waals surface area contributed by atoms with E-state index >= 15 is 0 Å². The van der Waals surface area contributed by atoms with E-state index in [0.717, 1.165) is 43.4 Å². The summed E-state index contributed by atoms with van der Waals surface area (Å²) in [6.45, 7) is 3.92. The molecule has 3 aliphatic rings. The second-order valence-corrected chi connectivity index (χ2v) is 6.79. The van der Waals surface area contributed by atoms with Crippen LogP contribution in [0.15, 0.2) is 0 Å². The molecular formula is C16H24N4O. The van der Waals surface area contributed by atoms with Gasteiger partial charge < -0.3 is 15.3 Å². The second kappa shape index (κ2) is 5.13. The van der Waals surface area contributed by atoms with Crippen molar-refractivity contribution in [2.24, 2.45) is 0 Å². The largest absolute Gasteiger partial charge is 0.393 e. The fraction of sp³-hybridized carbons (Fsp3) is 0.750. The summed E-state index contributed by atoms with van der Waals surface area (Å²) in [7, 11) is 0. The van der Waals surface area contributed by atoms with Crippen LogP contribution in [0.2, 0.25) is 0 Å². The molecule has 2 heterocycles. The highest BCUT2D eigenvalue weighted by Crippen LogP contribution is 2.40. The molecule has 2 aliphatic carbocycles. The summed E-state index contributed by atoms with van der Waals surface area (Å²) in [4.78, 5) is 12.0. The van der Waals surface area contributed by atoms with Crippen LogP contribution in [-0.4, -0.2) is 40.3 Å². The average Bonchev–Trinajstić information content (AvgIpc) is 3.36. The van der Waals surface area contributed by atoms with Gasteiger partial charge in [-0.3, -0.25) is 0 Å². The molecule has 0 radical (unpaired) electrons. The molecule has 5 heteroatoms. The van der Waals surface area contributed by atoms with Gasteiger partial charge in [-0.1, -0.05) is 0 Å². The molecule has 1 aromatic rings. The molecule has 21 heavy (non-hydrogen) atoms. The van der Waals surface area contributed by atoms with E-state index in [2.05, 4.69) is 17.1 Å². The van der Waals surface area contributed by atoms with Crippen LogP contribution in [0.5, 0.6) is 0 Å². The first-order valence-electron chi connectivity index (χ1n) is 8.29. The summed E-state index contributed by atoms with van der Waals surface area (Å²) in [6, 6.07) is 0.613. The molecule has 1 aromatic heterocycles. The maximum Gasteiger partial charge on any atom is 0.137 e. The molecule has 4 rings (SSSR count). The molecule has 2 N–H and O–H groups in total. The zero-order chi connectivity index (χ0) is 14.4. The lowest BCUT2D eigenvalue weighted by molar-refractivity contribution is 0.145. The van der Waals surface area contributed by atoms with Gasteiger partial charge in [0.2, 0.25) is 0 Å². The zero-order valence-corrected chi connectivity index (χ0v) is 12.7. The minimum atomic E-state index is -0.143. The van der Waals surface area contributed by atoms with Gasteiger partial charge in [0, 0.05) is 30.6 Å². The molecule has 5 nitrogen and oxygen atoms in total. The van der Waals surface area contributed by atoms with Crippen LogP contribution in [0.1, 0.15) is 55.8 Å². The zero-order valence-electron chi connectivity index (χ0n) is 12.7. The lowest BCUT2D eigenvalue weighted by atomic mass is 10.1. The van der Waals surface area contributed by atoms with Crippen LogP contribution < -0.4 is 10.2 Å². The SMILES string of the molecule is Cc1c(NC2CC2)nc(C2CC2)nc1N1CCC(O)CC1. The lowest BCUT2D eigenvalue weighted by Crippen LogP contribution is -2.37. The molecule has 1 saturated heterocycles. The van der Waals surface area contributed by atoms with Crippen LogP contribution in [0, 0.1) is 6.92 Å². The maximum atomic E-state index is 9.71. The third kappa shape index (κ3) is 2.84. The molecule has 2 saturated carbocycles. The predicted octanol–water partition coefficient (Wildman–Crippen LogP) is 2.20. The van der Waals surface area contributed by atoms with Gasteiger partial charge >= 0.3 is 0 Å². The number of nitrogens with zero attached hydrogens (tertiary/aromatic N) is 3. The van der Waals surface area contributed by atoms with E-state index in [-0.39, 0.29) is 6.10 Å². The minimum absolute atomic E-state index is 0.143. The molecule has 0 unspecified atom stereocenters. The van der Waals surface area contributed by atoms with E-state index in [0.29, 0.717) is 12.0 Å². The number of anilines is 2. The summed E-state index contributed by atoms with van der Waals surface area (Å²) < 4.78 is 0. The topological polar surface area (TPSA) is 61.3 Å². The third-order valence-electron chi connectivity index (χ3n) is 4.76. The van der Waals surface area contributed by atoms with Gasteiger partial charge in [-0.2, -0.15) is 0 Å². The molecule has 0 bridgehead atoms. The van der Waals surface area contributed by atoms with Crippen LogP contribution >= 0.6 is 0 Å². The number of aromatic nitrogens is 2. The molecule has 0 aromatic carbocycles. The van der Waals surface area contributed by atoms with E-state index in [1.165, 1.54) is 31.2 Å². The van der Waals surface area contributed by atoms with Gasteiger partial charge in [-0.15, -0.1) is 0 Å². The number of hydrogen-bond donors (Lipinski definition) is 2. The summed E-state index contributed by atoms with van der Waals surface area (Å²) in [5.41, 5.74) is 1.17.